The molecule has 2 saturated heterocycles. The van der Waals surface area contributed by atoms with Gasteiger partial charge in [-0.3, -0.25) is 0 Å². The van der Waals surface area contributed by atoms with Gasteiger partial charge in [0.1, 0.15) is 25.4 Å². The number of benzene rings is 2. The van der Waals surface area contributed by atoms with E-state index in [4.69, 9.17) is 57.3 Å². The molecule has 2 unspecified atom stereocenters. The average molecular weight is 1100 g/mol. The monoisotopic (exact) mass is 1090 g/mol. The zero-order chi connectivity index (χ0) is 56.1. The number of hydrogen-bond donors (Lipinski definition) is 2. The first-order valence-electron chi connectivity index (χ1n) is 28.5. The van der Waals surface area contributed by atoms with Gasteiger partial charge in [-0.05, 0) is 145 Å². The van der Waals surface area contributed by atoms with Crippen LogP contribution in [0.25, 0.3) is 66.6 Å². The molecule has 5 aromatic rings. The molecule has 2 aromatic carbocycles. The SMILES string of the molecule is CCC1=C(C)c2nc1cc1[nH]c(c(C)c1CC)c(-c1cccc(C(=O)OCC3COCCOCCOCCO3)c1)c1nc(cc3[nH]c(c(C)c3CC)c2-c2cccc(C(=O)OCC3COCCOCCOCCO3)c2)C(CC)=C1C. The van der Waals surface area contributed by atoms with Crippen LogP contribution in [0.2, 0.25) is 0 Å². The topological polar surface area (TPSA) is 184 Å². The molecular weight excluding hydrogens is 1020 g/mol. The van der Waals surface area contributed by atoms with Crippen LogP contribution in [-0.2, 0) is 60.2 Å². The van der Waals surface area contributed by atoms with Crippen molar-refractivity contribution in [2.75, 3.05) is 106 Å². The highest BCUT2D eigenvalue weighted by atomic mass is 16.6. The highest BCUT2D eigenvalue weighted by Gasteiger charge is 2.27. The number of aromatic nitrogens is 4. The van der Waals surface area contributed by atoms with E-state index in [0.717, 1.165) is 137 Å². The lowest BCUT2D eigenvalue weighted by atomic mass is 9.94. The van der Waals surface area contributed by atoms with Crippen LogP contribution >= 0.6 is 0 Å². The summed E-state index contributed by atoms with van der Waals surface area (Å²) >= 11 is 0. The molecule has 0 radical (unpaired) electrons. The Bertz CT molecular complexity index is 3020. The van der Waals surface area contributed by atoms with E-state index in [9.17, 15) is 9.59 Å². The lowest BCUT2D eigenvalue weighted by Gasteiger charge is -2.19. The molecular formula is C64H78N4O12. The highest BCUT2D eigenvalue weighted by molar-refractivity contribution is 6.04. The van der Waals surface area contributed by atoms with Gasteiger partial charge in [-0.2, -0.15) is 0 Å². The standard InChI is InChI=1S/C64H78N4O12/c1-9-49-39(5)59-57(43-15-13-17-45(31-43)63(69)79-37-47-35-75-25-23-71-19-21-73-27-29-77-47)60-41(7)51(11-3)55(67-60)34-56-52(12-4)42(8)62(68-56)58(61-40(6)50(10-2)54(66-61)33-53(49)65-59)44-16-14-18-46(32-44)64(70)80-38-48-36-76-26-24-72-20-22-74-28-30-78-48/h13-18,31-34,47-48,65,68H,9-12,19-30,35-38H2,1-8H3. The molecule has 16 nitrogen and oxygen atoms in total. The van der Waals surface area contributed by atoms with Gasteiger partial charge in [-0.25, -0.2) is 19.6 Å². The fraction of sp³-hybridized carbons (Fsp3) is 0.469. The van der Waals surface area contributed by atoms with Gasteiger partial charge in [0.05, 0.1) is 137 Å². The molecule has 0 saturated carbocycles. The molecule has 4 aliphatic rings. The summed E-state index contributed by atoms with van der Waals surface area (Å²) in [6.45, 7) is 22.9. The minimum Gasteiger partial charge on any atom is -0.459 e. The Kier molecular flexibility index (Phi) is 20.3. The number of allylic oxidation sites excluding steroid dienone is 4. The fourth-order valence-electron chi connectivity index (χ4n) is 11.1. The number of H-pyrrole nitrogens is 2. The molecule has 80 heavy (non-hydrogen) atoms. The molecule has 0 amide bonds. The Labute approximate surface area is 469 Å². The number of carbonyl (C=O) groups excluding carboxylic acids is 2. The molecule has 2 fully saturated rings. The van der Waals surface area contributed by atoms with E-state index in [-0.39, 0.29) is 26.4 Å². The van der Waals surface area contributed by atoms with Crippen molar-refractivity contribution in [1.82, 2.24) is 19.9 Å². The average Bonchev–Trinajstić information content (AvgIpc) is 4.33. The van der Waals surface area contributed by atoms with E-state index >= 15 is 0 Å². The van der Waals surface area contributed by atoms with Gasteiger partial charge in [0.15, 0.2) is 0 Å². The molecule has 0 spiro atoms. The van der Waals surface area contributed by atoms with E-state index in [1.54, 1.807) is 12.1 Å². The van der Waals surface area contributed by atoms with E-state index in [1.165, 1.54) is 0 Å². The van der Waals surface area contributed by atoms with Gasteiger partial charge in [0.2, 0.25) is 0 Å². The summed E-state index contributed by atoms with van der Waals surface area (Å²) < 4.78 is 58.0. The minimum absolute atomic E-state index is 0.00971. The van der Waals surface area contributed by atoms with Gasteiger partial charge in [-0.15, -0.1) is 0 Å². The van der Waals surface area contributed by atoms with E-state index < -0.39 is 24.1 Å². The maximum atomic E-state index is 14.1. The third-order valence-corrected chi connectivity index (χ3v) is 15.3. The van der Waals surface area contributed by atoms with Crippen LogP contribution in [0.15, 0.2) is 60.7 Å². The van der Waals surface area contributed by atoms with Gasteiger partial charge in [0, 0.05) is 22.2 Å². The molecule has 4 aliphatic heterocycles. The third-order valence-electron chi connectivity index (χ3n) is 15.3. The number of aromatic amines is 2. The van der Waals surface area contributed by atoms with Crippen LogP contribution in [-0.4, -0.2) is 150 Å². The number of fused-ring (bicyclic) bond motifs is 8. The Balaban J connectivity index is 1.18. The second kappa shape index (κ2) is 27.9. The van der Waals surface area contributed by atoms with Crippen LogP contribution in [0.3, 0.4) is 0 Å². The third kappa shape index (κ3) is 13.4. The first kappa shape index (κ1) is 58.3. The minimum atomic E-state index is -0.477. The first-order chi connectivity index (χ1) is 39.0. The molecule has 9 rings (SSSR count). The van der Waals surface area contributed by atoms with Crippen LogP contribution in [0.1, 0.15) is 120 Å². The Morgan fingerprint density at radius 2 is 0.875 bits per heavy atom. The van der Waals surface area contributed by atoms with Gasteiger partial charge < -0.3 is 57.3 Å². The Hall–Kier alpha value is -6.34. The zero-order valence-corrected chi connectivity index (χ0v) is 47.9. The predicted octanol–water partition coefficient (Wildman–Crippen LogP) is 11.3. The van der Waals surface area contributed by atoms with E-state index in [1.807, 2.05) is 36.4 Å². The Morgan fingerprint density at radius 3 is 1.25 bits per heavy atom. The smallest absolute Gasteiger partial charge is 0.338 e. The van der Waals surface area contributed by atoms with E-state index in [2.05, 4.69) is 77.5 Å². The second-order valence-corrected chi connectivity index (χ2v) is 20.3. The summed E-state index contributed by atoms with van der Waals surface area (Å²) in [5.41, 5.74) is 20.0. The fourth-order valence-corrected chi connectivity index (χ4v) is 11.1. The molecule has 2 N–H and O–H groups in total. The number of nitrogens with zero attached hydrogens (tertiary/aromatic N) is 2. The van der Waals surface area contributed by atoms with Crippen molar-refractivity contribution in [3.8, 4) is 22.3 Å². The van der Waals surface area contributed by atoms with Crippen molar-refractivity contribution in [3.05, 3.63) is 117 Å². The Morgan fingerprint density at radius 1 is 0.500 bits per heavy atom. The lowest BCUT2D eigenvalue weighted by molar-refractivity contribution is -0.0831. The first-order valence-corrected chi connectivity index (χ1v) is 28.5. The quantitative estimate of drug-likeness (QED) is 0.112. The summed E-state index contributed by atoms with van der Waals surface area (Å²) in [6, 6.07) is 19.6. The largest absolute Gasteiger partial charge is 0.459 e. The molecule has 16 heteroatoms. The summed E-state index contributed by atoms with van der Waals surface area (Å²) in [4.78, 5) is 47.1. The maximum absolute atomic E-state index is 14.1. The van der Waals surface area contributed by atoms with Crippen molar-refractivity contribution >= 4 is 56.3 Å². The van der Waals surface area contributed by atoms with Crippen molar-refractivity contribution in [2.45, 2.75) is 93.3 Å². The number of hydrogen-bond acceptors (Lipinski definition) is 14. The predicted molar refractivity (Wildman–Crippen MR) is 311 cm³/mol. The van der Waals surface area contributed by atoms with Crippen molar-refractivity contribution in [3.63, 3.8) is 0 Å². The number of carbonyl (C=O) groups is 2. The summed E-state index contributed by atoms with van der Waals surface area (Å²) in [5.74, 6) is -0.944. The van der Waals surface area contributed by atoms with Crippen LogP contribution in [0.4, 0.5) is 0 Å². The van der Waals surface area contributed by atoms with Gasteiger partial charge in [-0.1, -0.05) is 52.0 Å². The molecule has 7 heterocycles. The molecule has 2 atom stereocenters. The summed E-state index contributed by atoms with van der Waals surface area (Å²) in [5, 5.41) is 0. The van der Waals surface area contributed by atoms with Crippen molar-refractivity contribution in [2.24, 2.45) is 0 Å². The van der Waals surface area contributed by atoms with Gasteiger partial charge >= 0.3 is 11.9 Å². The number of rotatable bonds is 12. The summed E-state index contributed by atoms with van der Waals surface area (Å²) in [7, 11) is 0. The second-order valence-electron chi connectivity index (χ2n) is 20.3. The molecule has 0 aliphatic carbocycles. The number of nitrogens with one attached hydrogen (secondary N) is 2. The normalized spacial score (nSPS) is 18.4. The van der Waals surface area contributed by atoms with Crippen LogP contribution in [0, 0.1) is 13.8 Å². The maximum Gasteiger partial charge on any atom is 0.338 e. The molecule has 3 aromatic heterocycles. The molecule has 8 bridgehead atoms. The lowest BCUT2D eigenvalue weighted by Crippen LogP contribution is -2.30. The van der Waals surface area contributed by atoms with Crippen molar-refractivity contribution in [1.29, 1.82) is 0 Å². The zero-order valence-electron chi connectivity index (χ0n) is 47.9. The number of esters is 2. The van der Waals surface area contributed by atoms with Crippen LogP contribution in [0.5, 0.6) is 0 Å². The van der Waals surface area contributed by atoms with Crippen molar-refractivity contribution < 1.29 is 57.0 Å². The van der Waals surface area contributed by atoms with E-state index in [0.29, 0.717) is 90.4 Å². The summed E-state index contributed by atoms with van der Waals surface area (Å²) in [6.07, 6.45) is 2.00. The highest BCUT2D eigenvalue weighted by Crippen LogP contribution is 2.44. The van der Waals surface area contributed by atoms with Crippen LogP contribution < -0.4 is 0 Å². The molecule has 426 valence electrons. The van der Waals surface area contributed by atoms with Gasteiger partial charge in [0.25, 0.3) is 0 Å². The number of aryl methyl sites for hydroxylation is 4. The number of ether oxygens (including phenoxy) is 10.